The van der Waals surface area contributed by atoms with Gasteiger partial charge in [0.1, 0.15) is 0 Å². The Balaban J connectivity index is 1.55. The number of fused-ring (bicyclic) bond motifs is 1. The number of nitrogens with two attached hydrogens (primary N) is 1. The lowest BCUT2D eigenvalue weighted by molar-refractivity contribution is 0.0159. The van der Waals surface area contributed by atoms with Crippen LogP contribution in [0, 0.1) is 0 Å². The molecule has 0 spiro atoms. The Bertz CT molecular complexity index is 419. The normalized spacial score (nSPS) is 29.3. The predicted molar refractivity (Wildman–Crippen MR) is 80.5 cm³/mol. The fourth-order valence-corrected chi connectivity index (χ4v) is 4.02. The van der Waals surface area contributed by atoms with Gasteiger partial charge in [-0.2, -0.15) is 0 Å². The van der Waals surface area contributed by atoms with Crippen molar-refractivity contribution in [2.24, 2.45) is 0 Å². The molecule has 1 aromatic heterocycles. The van der Waals surface area contributed by atoms with Crippen LogP contribution in [-0.4, -0.2) is 53.0 Å². The Morgan fingerprint density at radius 2 is 2.32 bits per heavy atom. The van der Waals surface area contributed by atoms with E-state index in [4.69, 9.17) is 5.73 Å². The lowest BCUT2D eigenvalue weighted by Crippen LogP contribution is -2.58. The molecule has 2 N–H and O–H groups in total. The van der Waals surface area contributed by atoms with E-state index in [0.29, 0.717) is 11.2 Å². The van der Waals surface area contributed by atoms with Crippen LogP contribution in [0.15, 0.2) is 5.38 Å². The number of nitrogen functional groups attached to an aromatic ring is 1. The minimum absolute atomic E-state index is 0.672. The van der Waals surface area contributed by atoms with E-state index < -0.39 is 0 Å². The maximum atomic E-state index is 5.69. The minimum Gasteiger partial charge on any atom is -0.375 e. The van der Waals surface area contributed by atoms with Gasteiger partial charge in [0.25, 0.3) is 0 Å². The Hall–Kier alpha value is -0.650. The van der Waals surface area contributed by atoms with Gasteiger partial charge in [-0.15, -0.1) is 11.3 Å². The van der Waals surface area contributed by atoms with Crippen LogP contribution in [0.25, 0.3) is 0 Å². The molecular formula is C14H24N4S. The number of piperazine rings is 1. The van der Waals surface area contributed by atoms with Crippen molar-refractivity contribution in [3.8, 4) is 0 Å². The molecule has 0 radical (unpaired) electrons. The van der Waals surface area contributed by atoms with E-state index in [1.165, 1.54) is 38.9 Å². The standard InChI is InChI=1S/C14H24N4S/c1-11-8-18-6-3-2-4-13(18)9-17(11)7-5-12-10-19-14(15)16-12/h10-11,13H,2-9H2,1H3,(H2,15,16). The first-order valence-electron chi connectivity index (χ1n) is 7.40. The molecule has 1 aromatic rings. The van der Waals surface area contributed by atoms with E-state index >= 15 is 0 Å². The van der Waals surface area contributed by atoms with Crippen LogP contribution >= 0.6 is 11.3 Å². The Morgan fingerprint density at radius 3 is 3.11 bits per heavy atom. The van der Waals surface area contributed by atoms with Crippen molar-refractivity contribution in [2.45, 2.75) is 44.7 Å². The highest BCUT2D eigenvalue weighted by Crippen LogP contribution is 2.24. The largest absolute Gasteiger partial charge is 0.375 e. The summed E-state index contributed by atoms with van der Waals surface area (Å²) in [5, 5.41) is 2.79. The zero-order valence-corrected chi connectivity index (χ0v) is 12.5. The van der Waals surface area contributed by atoms with E-state index in [1.54, 1.807) is 11.3 Å². The second kappa shape index (κ2) is 5.77. The van der Waals surface area contributed by atoms with Gasteiger partial charge >= 0.3 is 0 Å². The molecule has 0 saturated carbocycles. The molecule has 0 aliphatic carbocycles. The molecule has 2 aliphatic rings. The molecule has 0 bridgehead atoms. The van der Waals surface area contributed by atoms with E-state index in [9.17, 15) is 0 Å². The van der Waals surface area contributed by atoms with Crippen LogP contribution in [0.2, 0.25) is 0 Å². The molecule has 3 heterocycles. The molecule has 106 valence electrons. The molecule has 2 aliphatic heterocycles. The predicted octanol–water partition coefficient (Wildman–Crippen LogP) is 1.83. The number of nitrogens with zero attached hydrogens (tertiary/aromatic N) is 3. The van der Waals surface area contributed by atoms with Crippen LogP contribution in [0.1, 0.15) is 31.9 Å². The van der Waals surface area contributed by atoms with Crippen molar-refractivity contribution in [3.63, 3.8) is 0 Å². The lowest BCUT2D eigenvalue weighted by atomic mass is 9.97. The monoisotopic (exact) mass is 280 g/mol. The summed E-state index contributed by atoms with van der Waals surface area (Å²) in [5.41, 5.74) is 6.84. The van der Waals surface area contributed by atoms with Gasteiger partial charge in [0.05, 0.1) is 5.69 Å². The molecule has 5 heteroatoms. The summed E-state index contributed by atoms with van der Waals surface area (Å²) in [4.78, 5) is 9.70. The molecule has 2 fully saturated rings. The summed E-state index contributed by atoms with van der Waals surface area (Å²) in [5.74, 6) is 0. The first-order valence-corrected chi connectivity index (χ1v) is 8.28. The minimum atomic E-state index is 0.672. The van der Waals surface area contributed by atoms with Crippen LogP contribution in [0.5, 0.6) is 0 Å². The first-order chi connectivity index (χ1) is 9.22. The van der Waals surface area contributed by atoms with Gasteiger partial charge in [-0.05, 0) is 26.3 Å². The molecular weight excluding hydrogens is 256 g/mol. The van der Waals surface area contributed by atoms with Gasteiger partial charge in [-0.25, -0.2) is 4.98 Å². The van der Waals surface area contributed by atoms with Crippen LogP contribution in [0.4, 0.5) is 5.13 Å². The SMILES string of the molecule is CC1CN2CCCCC2CN1CCc1csc(N)n1. The van der Waals surface area contributed by atoms with Gasteiger partial charge in [0, 0.05) is 43.5 Å². The van der Waals surface area contributed by atoms with Crippen molar-refractivity contribution >= 4 is 16.5 Å². The number of aromatic nitrogens is 1. The number of rotatable bonds is 3. The van der Waals surface area contributed by atoms with Gasteiger partial charge < -0.3 is 5.73 Å². The molecule has 3 rings (SSSR count). The molecule has 4 nitrogen and oxygen atoms in total. The molecule has 2 unspecified atom stereocenters. The topological polar surface area (TPSA) is 45.4 Å². The molecule has 2 saturated heterocycles. The first kappa shape index (κ1) is 13.3. The lowest BCUT2D eigenvalue weighted by Gasteiger charge is -2.47. The third kappa shape index (κ3) is 3.09. The highest BCUT2D eigenvalue weighted by molar-refractivity contribution is 7.13. The molecule has 2 atom stereocenters. The van der Waals surface area contributed by atoms with Gasteiger partial charge in [0.15, 0.2) is 5.13 Å². The van der Waals surface area contributed by atoms with Gasteiger partial charge in [-0.3, -0.25) is 9.80 Å². The van der Waals surface area contributed by atoms with Crippen LogP contribution in [-0.2, 0) is 6.42 Å². The van der Waals surface area contributed by atoms with E-state index in [-0.39, 0.29) is 0 Å². The van der Waals surface area contributed by atoms with E-state index in [1.807, 2.05) is 0 Å². The zero-order valence-electron chi connectivity index (χ0n) is 11.7. The Kier molecular flexibility index (Phi) is 4.05. The van der Waals surface area contributed by atoms with E-state index in [2.05, 4.69) is 27.1 Å². The quantitative estimate of drug-likeness (QED) is 0.917. The maximum absolute atomic E-state index is 5.69. The summed E-state index contributed by atoms with van der Waals surface area (Å²) in [7, 11) is 0. The number of hydrogen-bond donors (Lipinski definition) is 1. The number of piperidine rings is 1. The van der Waals surface area contributed by atoms with Crippen molar-refractivity contribution in [2.75, 3.05) is 31.9 Å². The highest BCUT2D eigenvalue weighted by Gasteiger charge is 2.32. The van der Waals surface area contributed by atoms with Gasteiger partial charge in [0.2, 0.25) is 0 Å². The van der Waals surface area contributed by atoms with Gasteiger partial charge in [-0.1, -0.05) is 6.42 Å². The van der Waals surface area contributed by atoms with Crippen molar-refractivity contribution < 1.29 is 0 Å². The summed E-state index contributed by atoms with van der Waals surface area (Å²) >= 11 is 1.55. The Morgan fingerprint density at radius 1 is 1.42 bits per heavy atom. The van der Waals surface area contributed by atoms with E-state index in [0.717, 1.165) is 24.7 Å². The highest BCUT2D eigenvalue weighted by atomic mass is 32.1. The number of hydrogen-bond acceptors (Lipinski definition) is 5. The van der Waals surface area contributed by atoms with Crippen molar-refractivity contribution in [1.29, 1.82) is 0 Å². The second-order valence-corrected chi connectivity index (χ2v) is 6.81. The van der Waals surface area contributed by atoms with Crippen LogP contribution in [0.3, 0.4) is 0 Å². The summed E-state index contributed by atoms with van der Waals surface area (Å²) in [6.45, 7) is 7.27. The Labute approximate surface area is 119 Å². The second-order valence-electron chi connectivity index (χ2n) is 5.92. The average molecular weight is 280 g/mol. The third-order valence-corrected chi connectivity index (χ3v) is 5.26. The summed E-state index contributed by atoms with van der Waals surface area (Å²) < 4.78 is 0. The summed E-state index contributed by atoms with van der Waals surface area (Å²) in [6.07, 6.45) is 5.21. The third-order valence-electron chi connectivity index (χ3n) is 4.54. The maximum Gasteiger partial charge on any atom is 0.180 e. The average Bonchev–Trinajstić information content (AvgIpc) is 2.82. The van der Waals surface area contributed by atoms with Crippen molar-refractivity contribution in [1.82, 2.24) is 14.8 Å². The fraction of sp³-hybridized carbons (Fsp3) is 0.786. The fourth-order valence-electron chi connectivity index (χ4n) is 3.42. The molecule has 19 heavy (non-hydrogen) atoms. The number of anilines is 1. The number of thiazole rings is 1. The van der Waals surface area contributed by atoms with Crippen LogP contribution < -0.4 is 5.73 Å². The zero-order chi connectivity index (χ0) is 13.2. The molecule has 0 aromatic carbocycles. The summed E-state index contributed by atoms with van der Waals surface area (Å²) in [6, 6.07) is 1.47. The molecule has 0 amide bonds. The van der Waals surface area contributed by atoms with Crippen molar-refractivity contribution in [3.05, 3.63) is 11.1 Å². The smallest absolute Gasteiger partial charge is 0.180 e.